The number of hydrogen-bond donors (Lipinski definition) is 1. The molecule has 1 aliphatic heterocycles. The fourth-order valence-electron chi connectivity index (χ4n) is 1.96. The molecule has 1 aliphatic rings. The molecule has 18 heavy (non-hydrogen) atoms. The van der Waals surface area contributed by atoms with E-state index in [4.69, 9.17) is 22.1 Å². The van der Waals surface area contributed by atoms with E-state index in [-0.39, 0.29) is 11.9 Å². The molecule has 1 heterocycles. The smallest absolute Gasteiger partial charge is 0.224 e. The fourth-order valence-corrected chi connectivity index (χ4v) is 2.08. The van der Waals surface area contributed by atoms with Crippen LogP contribution in [0.4, 0.5) is 0 Å². The highest BCUT2D eigenvalue weighted by molar-refractivity contribution is 6.30. The molecule has 0 bridgehead atoms. The van der Waals surface area contributed by atoms with E-state index in [1.54, 1.807) is 17.0 Å². The van der Waals surface area contributed by atoms with Crippen LogP contribution in [0.15, 0.2) is 24.3 Å². The molecule has 1 atom stereocenters. The predicted octanol–water partition coefficient (Wildman–Crippen LogP) is 1.59. The minimum absolute atomic E-state index is 0.0840. The van der Waals surface area contributed by atoms with Gasteiger partial charge in [-0.05, 0) is 17.7 Å². The zero-order valence-corrected chi connectivity index (χ0v) is 10.9. The topological polar surface area (TPSA) is 55.6 Å². The second-order valence-electron chi connectivity index (χ2n) is 4.36. The highest BCUT2D eigenvalue weighted by Crippen LogP contribution is 2.18. The molecule has 4 nitrogen and oxygen atoms in total. The van der Waals surface area contributed by atoms with Crippen LogP contribution < -0.4 is 5.73 Å². The van der Waals surface area contributed by atoms with Gasteiger partial charge in [0.25, 0.3) is 0 Å². The van der Waals surface area contributed by atoms with E-state index in [0.29, 0.717) is 37.7 Å². The van der Waals surface area contributed by atoms with Crippen molar-refractivity contribution in [3.05, 3.63) is 34.9 Å². The number of nitrogens with zero attached hydrogens (tertiary/aromatic N) is 1. The summed E-state index contributed by atoms with van der Waals surface area (Å²) in [5.74, 6) is 0.0840. The maximum absolute atomic E-state index is 12.0. The number of hydrogen-bond acceptors (Lipinski definition) is 3. The molecule has 0 spiro atoms. The first-order chi connectivity index (χ1) is 8.66. The Morgan fingerprint density at radius 3 is 2.56 bits per heavy atom. The van der Waals surface area contributed by atoms with Crippen LogP contribution in [0.25, 0.3) is 0 Å². The molecule has 2 N–H and O–H groups in total. The lowest BCUT2D eigenvalue weighted by atomic mass is 10.0. The Balaban J connectivity index is 1.91. The van der Waals surface area contributed by atoms with Gasteiger partial charge in [0.1, 0.15) is 0 Å². The van der Waals surface area contributed by atoms with Gasteiger partial charge in [0.2, 0.25) is 5.91 Å². The fraction of sp³-hybridized carbons (Fsp3) is 0.462. The predicted molar refractivity (Wildman–Crippen MR) is 70.4 cm³/mol. The van der Waals surface area contributed by atoms with E-state index in [1.165, 1.54) is 0 Å². The number of amides is 1. The van der Waals surface area contributed by atoms with Crippen molar-refractivity contribution in [3.63, 3.8) is 0 Å². The third kappa shape index (κ3) is 3.45. The van der Waals surface area contributed by atoms with Crippen molar-refractivity contribution in [2.24, 2.45) is 5.73 Å². The largest absolute Gasteiger partial charge is 0.378 e. The summed E-state index contributed by atoms with van der Waals surface area (Å²) in [4.78, 5) is 13.8. The lowest BCUT2D eigenvalue weighted by Crippen LogP contribution is -2.41. The minimum Gasteiger partial charge on any atom is -0.378 e. The molecular formula is C13H17ClN2O2. The lowest BCUT2D eigenvalue weighted by Gasteiger charge is -2.28. The first-order valence-electron chi connectivity index (χ1n) is 6.03. The van der Waals surface area contributed by atoms with Gasteiger partial charge < -0.3 is 15.4 Å². The van der Waals surface area contributed by atoms with Crippen molar-refractivity contribution >= 4 is 17.5 Å². The number of ether oxygens (including phenoxy) is 1. The molecule has 1 aromatic rings. The highest BCUT2D eigenvalue weighted by Gasteiger charge is 2.19. The summed E-state index contributed by atoms with van der Waals surface area (Å²) in [6.45, 7) is 2.54. The van der Waals surface area contributed by atoms with Gasteiger partial charge in [0.15, 0.2) is 0 Å². The Labute approximate surface area is 112 Å². The quantitative estimate of drug-likeness (QED) is 0.906. The van der Waals surface area contributed by atoms with Gasteiger partial charge in [-0.2, -0.15) is 0 Å². The van der Waals surface area contributed by atoms with Crippen LogP contribution in [-0.4, -0.2) is 37.1 Å². The van der Waals surface area contributed by atoms with Crippen LogP contribution in [0, 0.1) is 0 Å². The zero-order valence-electron chi connectivity index (χ0n) is 10.1. The zero-order chi connectivity index (χ0) is 13.0. The normalized spacial score (nSPS) is 17.6. The summed E-state index contributed by atoms with van der Waals surface area (Å²) < 4.78 is 5.21. The van der Waals surface area contributed by atoms with Crippen LogP contribution in [0.5, 0.6) is 0 Å². The van der Waals surface area contributed by atoms with Crippen molar-refractivity contribution in [2.45, 2.75) is 12.5 Å². The van der Waals surface area contributed by atoms with Crippen LogP contribution in [0.3, 0.4) is 0 Å². The third-order valence-electron chi connectivity index (χ3n) is 3.06. The van der Waals surface area contributed by atoms with Gasteiger partial charge in [-0.3, -0.25) is 4.79 Å². The molecule has 1 fully saturated rings. The van der Waals surface area contributed by atoms with E-state index in [1.807, 2.05) is 12.1 Å². The highest BCUT2D eigenvalue weighted by atomic mass is 35.5. The SMILES string of the molecule is NC(CC(=O)N1CCOCC1)c1ccc(Cl)cc1. The molecule has 0 saturated carbocycles. The molecule has 1 aromatic carbocycles. The summed E-state index contributed by atoms with van der Waals surface area (Å²) >= 11 is 5.81. The van der Waals surface area contributed by atoms with Crippen LogP contribution in [-0.2, 0) is 9.53 Å². The summed E-state index contributed by atoms with van der Waals surface area (Å²) in [6, 6.07) is 7.02. The van der Waals surface area contributed by atoms with E-state index in [9.17, 15) is 4.79 Å². The second kappa shape index (κ2) is 6.18. The second-order valence-corrected chi connectivity index (χ2v) is 4.79. The molecule has 1 unspecified atom stereocenters. The van der Waals surface area contributed by atoms with Crippen LogP contribution >= 0.6 is 11.6 Å². The summed E-state index contributed by atoms with van der Waals surface area (Å²) in [5, 5.41) is 0.672. The number of benzene rings is 1. The average Bonchev–Trinajstić information content (AvgIpc) is 2.40. The first kappa shape index (κ1) is 13.3. The van der Waals surface area contributed by atoms with E-state index in [0.717, 1.165) is 5.56 Å². The summed E-state index contributed by atoms with van der Waals surface area (Å²) in [5.41, 5.74) is 6.96. The van der Waals surface area contributed by atoms with Gasteiger partial charge >= 0.3 is 0 Å². The Kier molecular flexibility index (Phi) is 4.58. The van der Waals surface area contributed by atoms with Crippen molar-refractivity contribution in [1.82, 2.24) is 4.90 Å². The van der Waals surface area contributed by atoms with Crippen LogP contribution in [0.2, 0.25) is 5.02 Å². The van der Waals surface area contributed by atoms with Crippen molar-refractivity contribution in [2.75, 3.05) is 26.3 Å². The molecule has 1 saturated heterocycles. The Morgan fingerprint density at radius 2 is 1.94 bits per heavy atom. The van der Waals surface area contributed by atoms with Crippen molar-refractivity contribution in [1.29, 1.82) is 0 Å². The number of morpholine rings is 1. The van der Waals surface area contributed by atoms with Gasteiger partial charge in [0, 0.05) is 30.6 Å². The number of rotatable bonds is 3. The van der Waals surface area contributed by atoms with Gasteiger partial charge in [-0.25, -0.2) is 0 Å². The minimum atomic E-state index is -0.280. The van der Waals surface area contributed by atoms with E-state index < -0.39 is 0 Å². The third-order valence-corrected chi connectivity index (χ3v) is 3.31. The monoisotopic (exact) mass is 268 g/mol. The lowest BCUT2D eigenvalue weighted by molar-refractivity contribution is -0.135. The first-order valence-corrected chi connectivity index (χ1v) is 6.41. The maximum atomic E-state index is 12.0. The molecule has 5 heteroatoms. The van der Waals surface area contributed by atoms with Crippen molar-refractivity contribution in [3.8, 4) is 0 Å². The molecule has 1 amide bonds. The van der Waals surface area contributed by atoms with E-state index in [2.05, 4.69) is 0 Å². The molecule has 98 valence electrons. The molecule has 0 aromatic heterocycles. The average molecular weight is 269 g/mol. The number of carbonyl (C=O) groups excluding carboxylic acids is 1. The van der Waals surface area contributed by atoms with E-state index >= 15 is 0 Å². The Morgan fingerprint density at radius 1 is 1.33 bits per heavy atom. The maximum Gasteiger partial charge on any atom is 0.224 e. The molecule has 0 aliphatic carbocycles. The van der Waals surface area contributed by atoms with Crippen molar-refractivity contribution < 1.29 is 9.53 Å². The number of halogens is 1. The van der Waals surface area contributed by atoms with Gasteiger partial charge in [-0.1, -0.05) is 23.7 Å². The Bertz CT molecular complexity index is 402. The molecular weight excluding hydrogens is 252 g/mol. The standard InChI is InChI=1S/C13H17ClN2O2/c14-11-3-1-10(2-4-11)12(15)9-13(17)16-5-7-18-8-6-16/h1-4,12H,5-9,15H2. The number of nitrogens with two attached hydrogens (primary N) is 1. The van der Waals surface area contributed by atoms with Crippen LogP contribution in [0.1, 0.15) is 18.0 Å². The Hall–Kier alpha value is -1.10. The molecule has 2 rings (SSSR count). The molecule has 0 radical (unpaired) electrons. The summed E-state index contributed by atoms with van der Waals surface area (Å²) in [6.07, 6.45) is 0.321. The van der Waals surface area contributed by atoms with Gasteiger partial charge in [-0.15, -0.1) is 0 Å². The number of carbonyl (C=O) groups is 1. The summed E-state index contributed by atoms with van der Waals surface area (Å²) in [7, 11) is 0. The van der Waals surface area contributed by atoms with Gasteiger partial charge in [0.05, 0.1) is 13.2 Å².